The van der Waals surface area contributed by atoms with Crippen LogP contribution < -0.4 is 4.74 Å². The lowest BCUT2D eigenvalue weighted by molar-refractivity contribution is -0.145. The topological polar surface area (TPSA) is 52.6 Å². The predicted octanol–water partition coefficient (Wildman–Crippen LogP) is 2.89. The van der Waals surface area contributed by atoms with E-state index in [9.17, 15) is 9.59 Å². The third kappa shape index (κ3) is 4.94. The molecule has 98 valence electrons. The Morgan fingerprint density at radius 1 is 1.28 bits per heavy atom. The molecular formula is C12H12Cl2O4. The highest BCUT2D eigenvalue weighted by atomic mass is 35.5. The maximum atomic E-state index is 11.4. The van der Waals surface area contributed by atoms with Crippen molar-refractivity contribution in [3.8, 4) is 5.75 Å². The van der Waals surface area contributed by atoms with Crippen LogP contribution in [0.2, 0.25) is 10.0 Å². The fourth-order valence-corrected chi connectivity index (χ4v) is 1.64. The molecule has 0 bridgehead atoms. The average molecular weight is 291 g/mol. The quantitative estimate of drug-likeness (QED) is 0.597. The molecule has 18 heavy (non-hydrogen) atoms. The summed E-state index contributed by atoms with van der Waals surface area (Å²) in [6.45, 7) is 1.68. The number of hydrogen-bond donors (Lipinski definition) is 0. The smallest absolute Gasteiger partial charge is 0.313 e. The lowest BCUT2D eigenvalue weighted by Crippen LogP contribution is -2.17. The summed E-state index contributed by atoms with van der Waals surface area (Å²) in [6, 6.07) is 4.66. The molecule has 0 aliphatic rings. The van der Waals surface area contributed by atoms with E-state index < -0.39 is 5.97 Å². The first-order chi connectivity index (χ1) is 8.52. The molecular weight excluding hydrogens is 279 g/mol. The SMILES string of the molecule is CCOC(=O)CC(=O)COc1ccc(Cl)cc1Cl. The third-order valence-corrected chi connectivity index (χ3v) is 2.46. The number of ether oxygens (including phenoxy) is 2. The first kappa shape index (κ1) is 14.8. The van der Waals surface area contributed by atoms with Crippen LogP contribution in [-0.4, -0.2) is 25.0 Å². The minimum absolute atomic E-state index is 0.236. The zero-order valence-electron chi connectivity index (χ0n) is 9.74. The highest BCUT2D eigenvalue weighted by Gasteiger charge is 2.12. The van der Waals surface area contributed by atoms with Gasteiger partial charge in [-0.2, -0.15) is 0 Å². The number of Topliss-reactive ketones (excluding diaryl/α,β-unsaturated/α-hetero) is 1. The van der Waals surface area contributed by atoms with Crippen molar-refractivity contribution >= 4 is 35.0 Å². The van der Waals surface area contributed by atoms with Crippen LogP contribution in [0, 0.1) is 0 Å². The maximum absolute atomic E-state index is 11.4. The second-order valence-electron chi connectivity index (χ2n) is 3.38. The minimum Gasteiger partial charge on any atom is -0.484 e. The van der Waals surface area contributed by atoms with Crippen LogP contribution in [0.15, 0.2) is 18.2 Å². The van der Waals surface area contributed by atoms with Crippen LogP contribution in [0.25, 0.3) is 0 Å². The fraction of sp³-hybridized carbons (Fsp3) is 0.333. The van der Waals surface area contributed by atoms with Gasteiger partial charge in [-0.05, 0) is 25.1 Å². The molecule has 4 nitrogen and oxygen atoms in total. The molecule has 0 aliphatic heterocycles. The molecule has 0 N–H and O–H groups in total. The first-order valence-corrected chi connectivity index (χ1v) is 6.03. The van der Waals surface area contributed by atoms with Gasteiger partial charge in [-0.15, -0.1) is 0 Å². The Morgan fingerprint density at radius 2 is 2.00 bits per heavy atom. The molecule has 0 amide bonds. The lowest BCUT2D eigenvalue weighted by Gasteiger charge is -2.07. The number of halogens is 2. The summed E-state index contributed by atoms with van der Waals surface area (Å²) in [6.07, 6.45) is -0.306. The minimum atomic E-state index is -0.562. The van der Waals surface area contributed by atoms with Gasteiger partial charge in [0, 0.05) is 5.02 Å². The van der Waals surface area contributed by atoms with E-state index in [4.69, 9.17) is 27.9 Å². The Bertz CT molecular complexity index is 446. The Hall–Kier alpha value is -1.26. The average Bonchev–Trinajstić information content (AvgIpc) is 2.28. The van der Waals surface area contributed by atoms with Gasteiger partial charge in [-0.25, -0.2) is 0 Å². The molecule has 0 saturated heterocycles. The number of esters is 1. The van der Waals surface area contributed by atoms with Gasteiger partial charge in [0.1, 0.15) is 18.8 Å². The van der Waals surface area contributed by atoms with Crippen LogP contribution >= 0.6 is 23.2 Å². The molecule has 0 saturated carbocycles. The highest BCUT2D eigenvalue weighted by Crippen LogP contribution is 2.27. The number of rotatable bonds is 6. The van der Waals surface area contributed by atoms with Crippen molar-refractivity contribution in [3.05, 3.63) is 28.2 Å². The van der Waals surface area contributed by atoms with Crippen molar-refractivity contribution in [1.29, 1.82) is 0 Å². The number of benzene rings is 1. The molecule has 1 aromatic rings. The van der Waals surface area contributed by atoms with Gasteiger partial charge < -0.3 is 9.47 Å². The molecule has 0 unspecified atom stereocenters. The predicted molar refractivity (Wildman–Crippen MR) is 68.2 cm³/mol. The standard InChI is InChI=1S/C12H12Cl2O4/c1-2-17-12(16)6-9(15)7-18-11-4-3-8(13)5-10(11)14/h3-5H,2,6-7H2,1H3. The summed E-state index contributed by atoms with van der Waals surface area (Å²) in [7, 11) is 0. The largest absolute Gasteiger partial charge is 0.484 e. The number of carbonyl (C=O) groups excluding carboxylic acids is 2. The highest BCUT2D eigenvalue weighted by molar-refractivity contribution is 6.35. The van der Waals surface area contributed by atoms with Crippen molar-refractivity contribution in [2.45, 2.75) is 13.3 Å². The Morgan fingerprint density at radius 3 is 2.61 bits per heavy atom. The number of carbonyl (C=O) groups is 2. The fourth-order valence-electron chi connectivity index (χ4n) is 1.17. The Balaban J connectivity index is 2.45. The van der Waals surface area contributed by atoms with Crippen LogP contribution in [0.4, 0.5) is 0 Å². The summed E-state index contributed by atoms with van der Waals surface area (Å²) in [5, 5.41) is 0.789. The summed E-state index contributed by atoms with van der Waals surface area (Å²) in [5.41, 5.74) is 0. The molecule has 0 atom stereocenters. The van der Waals surface area contributed by atoms with Gasteiger partial charge in [0.25, 0.3) is 0 Å². The van der Waals surface area contributed by atoms with E-state index in [1.807, 2.05) is 0 Å². The normalized spacial score (nSPS) is 9.94. The van der Waals surface area contributed by atoms with Gasteiger partial charge in [-0.3, -0.25) is 9.59 Å². The summed E-state index contributed by atoms with van der Waals surface area (Å²) in [4.78, 5) is 22.4. The van der Waals surface area contributed by atoms with Crippen molar-refractivity contribution < 1.29 is 19.1 Å². The zero-order chi connectivity index (χ0) is 13.5. The molecule has 1 rings (SSSR count). The summed E-state index contributed by atoms with van der Waals surface area (Å²) in [5.74, 6) is -0.592. The lowest BCUT2D eigenvalue weighted by atomic mass is 10.3. The Kier molecular flexibility index (Phi) is 5.95. The van der Waals surface area contributed by atoms with Gasteiger partial charge in [-0.1, -0.05) is 23.2 Å². The molecule has 0 aliphatic carbocycles. The van der Waals surface area contributed by atoms with Gasteiger partial charge in [0.2, 0.25) is 0 Å². The number of ketones is 1. The van der Waals surface area contributed by atoms with Gasteiger partial charge >= 0.3 is 5.97 Å². The first-order valence-electron chi connectivity index (χ1n) is 5.28. The molecule has 0 radical (unpaired) electrons. The van der Waals surface area contributed by atoms with Crippen LogP contribution in [0.1, 0.15) is 13.3 Å². The van der Waals surface area contributed by atoms with Crippen LogP contribution in [0.3, 0.4) is 0 Å². The van der Waals surface area contributed by atoms with E-state index in [-0.39, 0.29) is 25.4 Å². The molecule has 0 aromatic heterocycles. The van der Waals surface area contributed by atoms with Crippen LogP contribution in [-0.2, 0) is 14.3 Å². The third-order valence-electron chi connectivity index (χ3n) is 1.93. The van der Waals surface area contributed by atoms with E-state index in [1.54, 1.807) is 19.1 Å². The molecule has 6 heteroatoms. The van der Waals surface area contributed by atoms with Crippen LogP contribution in [0.5, 0.6) is 5.75 Å². The second-order valence-corrected chi connectivity index (χ2v) is 4.23. The Labute approximate surface area is 115 Å². The van der Waals surface area contributed by atoms with Crippen molar-refractivity contribution in [2.24, 2.45) is 0 Å². The van der Waals surface area contributed by atoms with E-state index >= 15 is 0 Å². The van der Waals surface area contributed by atoms with Crippen molar-refractivity contribution in [2.75, 3.05) is 13.2 Å². The van der Waals surface area contributed by atoms with Crippen molar-refractivity contribution in [3.63, 3.8) is 0 Å². The summed E-state index contributed by atoms with van der Waals surface area (Å²) < 4.78 is 9.83. The molecule has 0 fully saturated rings. The van der Waals surface area contributed by atoms with E-state index in [2.05, 4.69) is 4.74 Å². The van der Waals surface area contributed by atoms with Crippen molar-refractivity contribution in [1.82, 2.24) is 0 Å². The van der Waals surface area contributed by atoms with Gasteiger partial charge in [0.05, 0.1) is 11.6 Å². The van der Waals surface area contributed by atoms with E-state index in [0.29, 0.717) is 15.8 Å². The zero-order valence-corrected chi connectivity index (χ0v) is 11.3. The van der Waals surface area contributed by atoms with E-state index in [0.717, 1.165) is 0 Å². The maximum Gasteiger partial charge on any atom is 0.313 e. The molecule has 0 heterocycles. The van der Waals surface area contributed by atoms with Gasteiger partial charge in [0.15, 0.2) is 5.78 Å². The number of hydrogen-bond acceptors (Lipinski definition) is 4. The monoisotopic (exact) mass is 290 g/mol. The van der Waals surface area contributed by atoms with E-state index in [1.165, 1.54) is 6.07 Å². The second kappa shape index (κ2) is 7.24. The summed E-state index contributed by atoms with van der Waals surface area (Å²) >= 11 is 11.6. The molecule has 0 spiro atoms. The molecule has 1 aromatic carbocycles.